The van der Waals surface area contributed by atoms with Crippen LogP contribution in [-0.2, 0) is 15.8 Å². The Hall–Kier alpha value is -1.54. The van der Waals surface area contributed by atoms with Crippen molar-refractivity contribution in [2.75, 3.05) is 12.1 Å². The number of pyridine rings is 1. The van der Waals surface area contributed by atoms with Gasteiger partial charge in [0.25, 0.3) is 0 Å². The van der Waals surface area contributed by atoms with Gasteiger partial charge in [-0.05, 0) is 6.07 Å². The smallest absolute Gasteiger partial charge is 0.417 e. The van der Waals surface area contributed by atoms with Gasteiger partial charge in [0, 0.05) is 6.20 Å². The van der Waals surface area contributed by atoms with Crippen LogP contribution in [0.5, 0.6) is 0 Å². The molecule has 0 spiro atoms. The number of aliphatic carboxylic acids is 1. The summed E-state index contributed by atoms with van der Waals surface area (Å²) in [6.07, 6.45) is -3.99. The summed E-state index contributed by atoms with van der Waals surface area (Å²) in [4.78, 5) is 17.9. The number of hydrogen-bond donors (Lipinski definition) is 2. The lowest BCUT2D eigenvalue weighted by Gasteiger charge is -2.09. The summed E-state index contributed by atoms with van der Waals surface area (Å²) < 4.78 is 36.7. The Balaban J connectivity index is 2.73. The van der Waals surface area contributed by atoms with Crippen LogP contribution in [0.25, 0.3) is 0 Å². The predicted octanol–water partition coefficient (Wildman–Crippen LogP) is 2.18. The molecule has 1 aromatic rings. The third-order valence-electron chi connectivity index (χ3n) is 1.53. The molecule has 2 N–H and O–H groups in total. The van der Waals surface area contributed by atoms with Crippen molar-refractivity contribution in [1.82, 2.24) is 4.98 Å². The lowest BCUT2D eigenvalue weighted by atomic mass is 10.3. The van der Waals surface area contributed by atoms with E-state index in [9.17, 15) is 18.0 Å². The van der Waals surface area contributed by atoms with Crippen LogP contribution in [0.1, 0.15) is 5.56 Å². The largest absolute Gasteiger partial charge is 0.479 e. The highest BCUT2D eigenvalue weighted by Crippen LogP contribution is 2.32. The molecular weight excluding hydrogens is 265 g/mol. The molecule has 0 aliphatic rings. The van der Waals surface area contributed by atoms with E-state index in [-0.39, 0.29) is 10.8 Å². The van der Waals surface area contributed by atoms with Gasteiger partial charge in [0.15, 0.2) is 12.4 Å². The van der Waals surface area contributed by atoms with Gasteiger partial charge in [-0.25, -0.2) is 15.3 Å². The minimum atomic E-state index is -4.54. The zero-order valence-corrected chi connectivity index (χ0v) is 8.84. The van der Waals surface area contributed by atoms with Gasteiger partial charge >= 0.3 is 12.1 Å². The molecule has 0 aromatic carbocycles. The van der Waals surface area contributed by atoms with E-state index in [1.54, 1.807) is 0 Å². The van der Waals surface area contributed by atoms with Crippen molar-refractivity contribution >= 4 is 23.4 Å². The normalized spacial score (nSPS) is 11.3. The average Bonchev–Trinajstić information content (AvgIpc) is 2.18. The van der Waals surface area contributed by atoms with E-state index in [1.165, 1.54) is 0 Å². The first kappa shape index (κ1) is 13.5. The second-order valence-electron chi connectivity index (χ2n) is 2.84. The Labute approximate surface area is 98.1 Å². The number of carbonyl (C=O) groups is 1. The molecule has 0 radical (unpaired) electrons. The highest BCUT2D eigenvalue weighted by Gasteiger charge is 2.31. The Morgan fingerprint density at radius 2 is 2.24 bits per heavy atom. The Morgan fingerprint density at radius 3 is 2.71 bits per heavy atom. The lowest BCUT2D eigenvalue weighted by Crippen LogP contribution is -2.13. The minimum absolute atomic E-state index is 0.194. The van der Waals surface area contributed by atoms with Crippen molar-refractivity contribution in [2.24, 2.45) is 0 Å². The number of nitrogens with zero attached hydrogens (tertiary/aromatic N) is 1. The number of anilines is 1. The predicted molar refractivity (Wildman–Crippen MR) is 51.5 cm³/mol. The summed E-state index contributed by atoms with van der Waals surface area (Å²) >= 11 is 5.50. The maximum Gasteiger partial charge on any atom is 0.417 e. The zero-order chi connectivity index (χ0) is 13.1. The quantitative estimate of drug-likeness (QED) is 0.821. The SMILES string of the molecule is O=C(O)CONc1ncc(C(F)(F)F)cc1Cl. The van der Waals surface area contributed by atoms with Crippen molar-refractivity contribution in [3.05, 3.63) is 22.8 Å². The molecule has 0 saturated carbocycles. The van der Waals surface area contributed by atoms with Crippen LogP contribution < -0.4 is 5.48 Å². The lowest BCUT2D eigenvalue weighted by molar-refractivity contribution is -0.141. The molecule has 0 amide bonds. The number of rotatable bonds is 4. The van der Waals surface area contributed by atoms with Gasteiger partial charge in [0.1, 0.15) is 0 Å². The van der Waals surface area contributed by atoms with E-state index in [1.807, 2.05) is 5.48 Å². The van der Waals surface area contributed by atoms with E-state index >= 15 is 0 Å². The fraction of sp³-hybridized carbons (Fsp3) is 0.250. The first-order chi connectivity index (χ1) is 7.80. The molecule has 9 heteroatoms. The van der Waals surface area contributed by atoms with Crippen LogP contribution in [0.4, 0.5) is 19.0 Å². The molecule has 0 saturated heterocycles. The molecule has 0 unspecified atom stereocenters. The van der Waals surface area contributed by atoms with Gasteiger partial charge in [-0.2, -0.15) is 13.2 Å². The monoisotopic (exact) mass is 270 g/mol. The van der Waals surface area contributed by atoms with Crippen LogP contribution in [-0.4, -0.2) is 22.7 Å². The average molecular weight is 271 g/mol. The number of nitrogens with one attached hydrogen (secondary N) is 1. The Morgan fingerprint density at radius 1 is 1.59 bits per heavy atom. The third-order valence-corrected chi connectivity index (χ3v) is 1.82. The highest BCUT2D eigenvalue weighted by atomic mass is 35.5. The summed E-state index contributed by atoms with van der Waals surface area (Å²) in [6, 6.07) is 0.654. The van der Waals surface area contributed by atoms with Gasteiger partial charge in [-0.1, -0.05) is 11.6 Å². The molecule has 5 nitrogen and oxygen atoms in total. The number of alkyl halides is 3. The van der Waals surface area contributed by atoms with Crippen LogP contribution in [0.2, 0.25) is 5.02 Å². The molecule has 17 heavy (non-hydrogen) atoms. The van der Waals surface area contributed by atoms with E-state index in [2.05, 4.69) is 9.82 Å². The first-order valence-corrected chi connectivity index (χ1v) is 4.51. The van der Waals surface area contributed by atoms with Crippen molar-refractivity contribution in [3.63, 3.8) is 0 Å². The summed E-state index contributed by atoms with van der Waals surface area (Å²) in [5.74, 6) is -1.44. The maximum atomic E-state index is 12.2. The van der Waals surface area contributed by atoms with Gasteiger partial charge < -0.3 is 5.11 Å². The van der Waals surface area contributed by atoms with Crippen LogP contribution >= 0.6 is 11.6 Å². The number of carboxylic acid groups (broad SMARTS) is 1. The van der Waals surface area contributed by atoms with Crippen molar-refractivity contribution in [2.45, 2.75) is 6.18 Å². The van der Waals surface area contributed by atoms with Gasteiger partial charge in [0.05, 0.1) is 10.6 Å². The molecule has 94 valence electrons. The maximum absolute atomic E-state index is 12.2. The van der Waals surface area contributed by atoms with Gasteiger partial charge in [-0.15, -0.1) is 0 Å². The van der Waals surface area contributed by atoms with Crippen LogP contribution in [0.3, 0.4) is 0 Å². The van der Waals surface area contributed by atoms with Crippen molar-refractivity contribution in [1.29, 1.82) is 0 Å². The van der Waals surface area contributed by atoms with E-state index in [4.69, 9.17) is 16.7 Å². The van der Waals surface area contributed by atoms with Crippen molar-refractivity contribution < 1.29 is 27.9 Å². The number of hydrogen-bond acceptors (Lipinski definition) is 4. The molecule has 1 heterocycles. The zero-order valence-electron chi connectivity index (χ0n) is 8.08. The van der Waals surface area contributed by atoms with Crippen LogP contribution in [0, 0.1) is 0 Å². The summed E-state index contributed by atoms with van der Waals surface area (Å²) in [6.45, 7) is -0.682. The van der Waals surface area contributed by atoms with E-state index in [0.29, 0.717) is 12.3 Å². The van der Waals surface area contributed by atoms with Crippen LogP contribution in [0.15, 0.2) is 12.3 Å². The molecule has 0 bridgehead atoms. The summed E-state index contributed by atoms with van der Waals surface area (Å²) in [5, 5.41) is 7.92. The topological polar surface area (TPSA) is 71.5 Å². The third kappa shape index (κ3) is 4.08. The molecule has 0 aliphatic heterocycles. The number of halogens is 4. The highest BCUT2D eigenvalue weighted by molar-refractivity contribution is 6.32. The summed E-state index contributed by atoms with van der Waals surface area (Å²) in [7, 11) is 0. The van der Waals surface area contributed by atoms with Gasteiger partial charge in [0.2, 0.25) is 0 Å². The second kappa shape index (κ2) is 5.19. The fourth-order valence-electron chi connectivity index (χ4n) is 0.834. The minimum Gasteiger partial charge on any atom is -0.479 e. The molecule has 0 fully saturated rings. The molecule has 1 aromatic heterocycles. The summed E-state index contributed by atoms with van der Waals surface area (Å²) in [5.41, 5.74) is 1.02. The number of aromatic nitrogens is 1. The second-order valence-corrected chi connectivity index (χ2v) is 3.24. The standard InChI is InChI=1S/C8H6ClF3N2O3/c9-5-1-4(8(10,11)12)2-13-7(5)14-17-3-6(15)16/h1-2H,3H2,(H,13,14)(H,15,16). The molecular formula is C8H6ClF3N2O3. The fourth-order valence-corrected chi connectivity index (χ4v) is 1.04. The van der Waals surface area contributed by atoms with E-state index in [0.717, 1.165) is 0 Å². The molecule has 1 rings (SSSR count). The van der Waals surface area contributed by atoms with E-state index < -0.39 is 24.3 Å². The Bertz CT molecular complexity index is 425. The van der Waals surface area contributed by atoms with Crippen molar-refractivity contribution in [3.8, 4) is 0 Å². The first-order valence-electron chi connectivity index (χ1n) is 4.13. The number of carboxylic acids is 1. The van der Waals surface area contributed by atoms with Gasteiger partial charge in [-0.3, -0.25) is 4.84 Å². The Kier molecular flexibility index (Phi) is 4.13. The molecule has 0 aliphatic carbocycles. The molecule has 0 atom stereocenters.